The molecule has 0 aliphatic carbocycles. The van der Waals surface area contributed by atoms with Gasteiger partial charge in [-0.2, -0.15) is 4.85 Å². The van der Waals surface area contributed by atoms with Crippen LogP contribution in [0.5, 0.6) is 0 Å². The Balaban J connectivity index is 2.08. The van der Waals surface area contributed by atoms with Crippen LogP contribution in [0.3, 0.4) is 0 Å². The maximum Gasteiger partial charge on any atom is 0.428 e. The van der Waals surface area contributed by atoms with Crippen LogP contribution in [0.1, 0.15) is 20.3 Å². The van der Waals surface area contributed by atoms with Gasteiger partial charge in [0.15, 0.2) is 0 Å². The second-order valence-corrected chi connectivity index (χ2v) is 6.83. The summed E-state index contributed by atoms with van der Waals surface area (Å²) in [6.45, 7) is 5.35. The molecule has 1 fully saturated rings. The van der Waals surface area contributed by atoms with E-state index in [1.54, 1.807) is 29.2 Å². The van der Waals surface area contributed by atoms with Gasteiger partial charge in [0.1, 0.15) is 5.69 Å². The Kier molecular flexibility index (Phi) is 4.31. The van der Waals surface area contributed by atoms with Crippen LogP contribution in [0.25, 0.3) is 5.69 Å². The first-order valence-electron chi connectivity index (χ1n) is 7.75. The highest BCUT2D eigenvalue weighted by molar-refractivity contribution is 6.30. The van der Waals surface area contributed by atoms with Crippen molar-refractivity contribution >= 4 is 23.2 Å². The normalized spacial score (nSPS) is 21.0. The minimum Gasteiger partial charge on any atom is -0.723 e. The molecule has 0 saturated carbocycles. The van der Waals surface area contributed by atoms with Crippen LogP contribution in [0.15, 0.2) is 24.3 Å². The second-order valence-electron chi connectivity index (χ2n) is 6.39. The quantitative estimate of drug-likeness (QED) is 0.367. The Morgan fingerprint density at radius 2 is 1.83 bits per heavy atom. The summed E-state index contributed by atoms with van der Waals surface area (Å²) < 4.78 is 0. The van der Waals surface area contributed by atoms with E-state index in [4.69, 9.17) is 11.6 Å². The molecule has 0 radical (unpaired) electrons. The molecule has 1 saturated heterocycles. The summed E-state index contributed by atoms with van der Waals surface area (Å²) in [5.41, 5.74) is 0.418. The Hall–Kier alpha value is -2.35. The summed E-state index contributed by atoms with van der Waals surface area (Å²) in [6, 6.07) is 6.40. The zero-order valence-corrected chi connectivity index (χ0v) is 14.2. The van der Waals surface area contributed by atoms with Gasteiger partial charge in [-0.15, -0.1) is 0 Å². The molecule has 3 rings (SSSR count). The fraction of sp³-hybridized carbons (Fsp3) is 0.467. The molecule has 8 nitrogen and oxygen atoms in total. The zero-order chi connectivity index (χ0) is 17.4. The number of nitro groups is 1. The van der Waals surface area contributed by atoms with Crippen molar-refractivity contribution in [3.63, 3.8) is 0 Å². The first-order chi connectivity index (χ1) is 11.4. The van der Waals surface area contributed by atoms with Gasteiger partial charge in [-0.05, 0) is 47.4 Å². The fourth-order valence-corrected chi connectivity index (χ4v) is 3.43. The largest absolute Gasteiger partial charge is 0.723 e. The Morgan fingerprint density at radius 3 is 2.38 bits per heavy atom. The number of piperidine rings is 1. The lowest BCUT2D eigenvalue weighted by molar-refractivity contribution is -0.677. The smallest absolute Gasteiger partial charge is 0.428 e. The first-order valence-corrected chi connectivity index (χ1v) is 8.12. The SMILES string of the molecule is C[C@@H]1C[C@H](C)CN(c2c([N+](=O)[O-])nn(-c3ccc(Cl)cc3)[n+]2[O-])C1. The summed E-state index contributed by atoms with van der Waals surface area (Å²) >= 11 is 5.85. The molecule has 1 aromatic heterocycles. The molecular formula is C15H18ClN5O3. The average Bonchev–Trinajstić information content (AvgIpc) is 2.85. The van der Waals surface area contributed by atoms with E-state index in [2.05, 4.69) is 18.9 Å². The van der Waals surface area contributed by atoms with Crippen molar-refractivity contribution in [1.29, 1.82) is 0 Å². The number of nitrogens with zero attached hydrogens (tertiary/aromatic N) is 5. The molecule has 1 aliphatic heterocycles. The summed E-state index contributed by atoms with van der Waals surface area (Å²) in [5.74, 6) is 0.272. The Bertz CT molecular complexity index is 751. The summed E-state index contributed by atoms with van der Waals surface area (Å²) in [6.07, 6.45) is 1.04. The number of hydrogen-bond acceptors (Lipinski definition) is 5. The molecule has 0 unspecified atom stereocenters. The van der Waals surface area contributed by atoms with E-state index in [0.29, 0.717) is 40.5 Å². The van der Waals surface area contributed by atoms with Crippen LogP contribution in [0, 0.1) is 27.2 Å². The topological polar surface area (TPSA) is 91.1 Å². The third kappa shape index (κ3) is 3.01. The van der Waals surface area contributed by atoms with Gasteiger partial charge >= 0.3 is 11.6 Å². The molecule has 2 aromatic rings. The van der Waals surface area contributed by atoms with Gasteiger partial charge in [-0.1, -0.05) is 30.2 Å². The average molecular weight is 352 g/mol. The van der Waals surface area contributed by atoms with Crippen molar-refractivity contribution in [2.24, 2.45) is 11.8 Å². The van der Waals surface area contributed by atoms with Crippen LogP contribution in [-0.2, 0) is 0 Å². The van der Waals surface area contributed by atoms with Crippen LogP contribution in [0.2, 0.25) is 5.02 Å². The molecule has 2 heterocycles. The number of aromatic nitrogens is 3. The molecule has 1 aromatic carbocycles. The molecule has 0 N–H and O–H groups in total. The van der Waals surface area contributed by atoms with Crippen molar-refractivity contribution in [2.75, 3.05) is 18.0 Å². The van der Waals surface area contributed by atoms with Gasteiger partial charge in [0, 0.05) is 10.1 Å². The van der Waals surface area contributed by atoms with E-state index >= 15 is 0 Å². The van der Waals surface area contributed by atoms with Gasteiger partial charge in [0.05, 0.1) is 13.1 Å². The molecule has 0 bridgehead atoms. The number of benzene rings is 1. The molecule has 9 heteroatoms. The van der Waals surface area contributed by atoms with Crippen molar-refractivity contribution in [3.05, 3.63) is 44.6 Å². The van der Waals surface area contributed by atoms with Gasteiger partial charge in [0.2, 0.25) is 0 Å². The third-order valence-corrected chi connectivity index (χ3v) is 4.39. The molecule has 128 valence electrons. The van der Waals surface area contributed by atoms with Crippen molar-refractivity contribution < 1.29 is 9.77 Å². The highest BCUT2D eigenvalue weighted by Crippen LogP contribution is 2.29. The molecule has 0 spiro atoms. The van der Waals surface area contributed by atoms with Gasteiger partial charge in [0.25, 0.3) is 0 Å². The van der Waals surface area contributed by atoms with Crippen LogP contribution < -0.4 is 9.75 Å². The van der Waals surface area contributed by atoms with Crippen molar-refractivity contribution in [1.82, 2.24) is 9.90 Å². The molecular weight excluding hydrogens is 334 g/mol. The van der Waals surface area contributed by atoms with E-state index in [1.165, 1.54) is 0 Å². The molecule has 24 heavy (non-hydrogen) atoms. The van der Waals surface area contributed by atoms with Crippen LogP contribution >= 0.6 is 11.6 Å². The van der Waals surface area contributed by atoms with Gasteiger partial charge in [-0.3, -0.25) is 4.90 Å². The number of hydrogen-bond donors (Lipinski definition) is 0. The highest BCUT2D eigenvalue weighted by Gasteiger charge is 2.36. The third-order valence-electron chi connectivity index (χ3n) is 4.14. The van der Waals surface area contributed by atoms with Crippen LogP contribution in [-0.4, -0.2) is 27.9 Å². The minimum atomic E-state index is -0.611. The minimum absolute atomic E-state index is 0.00616. The predicted octanol–water partition coefficient (Wildman–Crippen LogP) is 2.55. The lowest BCUT2D eigenvalue weighted by Crippen LogP contribution is -2.47. The number of halogens is 1. The monoisotopic (exact) mass is 351 g/mol. The summed E-state index contributed by atoms with van der Waals surface area (Å²) in [7, 11) is 0. The predicted molar refractivity (Wildman–Crippen MR) is 89.3 cm³/mol. The first kappa shape index (κ1) is 16.5. The fourth-order valence-electron chi connectivity index (χ4n) is 3.30. The van der Waals surface area contributed by atoms with E-state index in [0.717, 1.165) is 11.2 Å². The van der Waals surface area contributed by atoms with E-state index in [1.807, 2.05) is 0 Å². The summed E-state index contributed by atoms with van der Waals surface area (Å²) in [4.78, 5) is 14.1. The van der Waals surface area contributed by atoms with E-state index in [-0.39, 0.29) is 5.82 Å². The van der Waals surface area contributed by atoms with E-state index in [9.17, 15) is 15.3 Å². The van der Waals surface area contributed by atoms with Crippen molar-refractivity contribution in [2.45, 2.75) is 20.3 Å². The summed E-state index contributed by atoms with van der Waals surface area (Å²) in [5, 5.41) is 28.6. The van der Waals surface area contributed by atoms with Crippen molar-refractivity contribution in [3.8, 4) is 5.69 Å². The molecule has 0 amide bonds. The zero-order valence-electron chi connectivity index (χ0n) is 13.4. The Labute approximate surface area is 144 Å². The lowest BCUT2D eigenvalue weighted by Gasteiger charge is -2.32. The van der Waals surface area contributed by atoms with Gasteiger partial charge < -0.3 is 15.3 Å². The van der Waals surface area contributed by atoms with Crippen LogP contribution in [0.4, 0.5) is 11.6 Å². The van der Waals surface area contributed by atoms with Gasteiger partial charge in [-0.25, -0.2) is 0 Å². The number of anilines is 1. The molecule has 1 aliphatic rings. The maximum absolute atomic E-state index is 12.7. The highest BCUT2D eigenvalue weighted by atomic mass is 35.5. The second kappa shape index (κ2) is 6.27. The standard InChI is InChI=1S/C15H18ClN5O3/c1-10-7-11(2)9-18(8-10)15-14(21(23)24)17-19(20(15)22)13-5-3-12(16)4-6-13/h3-6,10-11H,7-9H2,1-2H3/t10-,11+. The maximum atomic E-state index is 12.7. The number of rotatable bonds is 3. The van der Waals surface area contributed by atoms with E-state index < -0.39 is 10.7 Å². The Morgan fingerprint density at radius 1 is 1.25 bits per heavy atom. The molecule has 2 atom stereocenters. The lowest BCUT2D eigenvalue weighted by atomic mass is 9.92.